The van der Waals surface area contributed by atoms with Gasteiger partial charge in [0.1, 0.15) is 0 Å². The van der Waals surface area contributed by atoms with Crippen molar-refractivity contribution in [3.63, 3.8) is 0 Å². The molecule has 1 saturated carbocycles. The Hall–Kier alpha value is -1.68. The van der Waals surface area contributed by atoms with Crippen LogP contribution in [0.15, 0.2) is 75.9 Å². The van der Waals surface area contributed by atoms with Crippen molar-refractivity contribution in [2.75, 3.05) is 39.3 Å². The maximum Gasteiger partial charge on any atom is 0.0445 e. The second kappa shape index (κ2) is 11.0. The SMILES string of the molecule is C=CCN(CC=C)C1C(N(CC=C)CC=C)C1N(CC=C)CC=C. The fourth-order valence-electron chi connectivity index (χ4n) is 3.51. The minimum atomic E-state index is 0.431. The van der Waals surface area contributed by atoms with Crippen LogP contribution in [0.2, 0.25) is 0 Å². The van der Waals surface area contributed by atoms with Gasteiger partial charge in [0.2, 0.25) is 0 Å². The van der Waals surface area contributed by atoms with Gasteiger partial charge in [-0.1, -0.05) is 36.5 Å². The van der Waals surface area contributed by atoms with E-state index in [9.17, 15) is 0 Å². The molecule has 0 bridgehead atoms. The van der Waals surface area contributed by atoms with Gasteiger partial charge in [-0.25, -0.2) is 0 Å². The molecule has 0 aromatic carbocycles. The second-order valence-corrected chi connectivity index (χ2v) is 6.07. The Kier molecular flexibility index (Phi) is 9.31. The Morgan fingerprint density at radius 1 is 0.417 bits per heavy atom. The fraction of sp³-hybridized carbons (Fsp3) is 0.429. The average Bonchev–Trinajstić information content (AvgIpc) is 3.29. The smallest absolute Gasteiger partial charge is 0.0445 e. The van der Waals surface area contributed by atoms with Crippen molar-refractivity contribution in [1.82, 2.24) is 14.7 Å². The highest BCUT2D eigenvalue weighted by molar-refractivity contribution is 5.20. The molecule has 0 aromatic rings. The third kappa shape index (κ3) is 5.17. The molecular formula is C21H33N3. The maximum absolute atomic E-state index is 3.91. The van der Waals surface area contributed by atoms with Crippen LogP contribution >= 0.6 is 0 Å². The molecule has 1 rings (SSSR count). The topological polar surface area (TPSA) is 9.72 Å². The van der Waals surface area contributed by atoms with Crippen molar-refractivity contribution >= 4 is 0 Å². The molecule has 0 N–H and O–H groups in total. The zero-order valence-corrected chi connectivity index (χ0v) is 15.0. The molecule has 0 aliphatic heterocycles. The third-order valence-electron chi connectivity index (χ3n) is 4.36. The van der Waals surface area contributed by atoms with Gasteiger partial charge in [0, 0.05) is 57.4 Å². The van der Waals surface area contributed by atoms with Crippen LogP contribution in [-0.4, -0.2) is 72.1 Å². The normalized spacial score (nSPS) is 22.4. The summed E-state index contributed by atoms with van der Waals surface area (Å²) in [5, 5.41) is 0. The first-order chi connectivity index (χ1) is 11.7. The first-order valence-electron chi connectivity index (χ1n) is 8.57. The summed E-state index contributed by atoms with van der Waals surface area (Å²) in [6.07, 6.45) is 11.8. The lowest BCUT2D eigenvalue weighted by Gasteiger charge is -2.23. The van der Waals surface area contributed by atoms with Crippen LogP contribution < -0.4 is 0 Å². The van der Waals surface area contributed by atoms with E-state index in [0.717, 1.165) is 39.3 Å². The van der Waals surface area contributed by atoms with Gasteiger partial charge in [-0.2, -0.15) is 0 Å². The second-order valence-electron chi connectivity index (χ2n) is 6.07. The highest BCUT2D eigenvalue weighted by Gasteiger charge is 2.57. The molecule has 132 valence electrons. The summed E-state index contributed by atoms with van der Waals surface area (Å²) in [5.41, 5.74) is 0. The van der Waals surface area contributed by atoms with E-state index < -0.39 is 0 Å². The van der Waals surface area contributed by atoms with Crippen LogP contribution in [0, 0.1) is 0 Å². The Balaban J connectivity index is 3.06. The predicted octanol–water partition coefficient (Wildman–Crippen LogP) is 3.13. The van der Waals surface area contributed by atoms with Gasteiger partial charge in [0.05, 0.1) is 0 Å². The van der Waals surface area contributed by atoms with Crippen molar-refractivity contribution < 1.29 is 0 Å². The lowest BCUT2D eigenvalue weighted by Crippen LogP contribution is -2.35. The van der Waals surface area contributed by atoms with E-state index in [-0.39, 0.29) is 0 Å². The highest BCUT2D eigenvalue weighted by atomic mass is 15.4. The van der Waals surface area contributed by atoms with Crippen LogP contribution in [0.25, 0.3) is 0 Å². The molecule has 0 unspecified atom stereocenters. The molecule has 1 aliphatic rings. The molecule has 0 spiro atoms. The number of nitrogens with zero attached hydrogens (tertiary/aromatic N) is 3. The summed E-state index contributed by atoms with van der Waals surface area (Å²) < 4.78 is 0. The van der Waals surface area contributed by atoms with Crippen molar-refractivity contribution in [2.45, 2.75) is 18.1 Å². The largest absolute Gasteiger partial charge is 0.290 e. The lowest BCUT2D eigenvalue weighted by molar-refractivity contribution is 0.249. The summed E-state index contributed by atoms with van der Waals surface area (Å²) in [6, 6.07) is 1.29. The first-order valence-corrected chi connectivity index (χ1v) is 8.57. The number of rotatable bonds is 15. The monoisotopic (exact) mass is 327 g/mol. The minimum absolute atomic E-state index is 0.431. The summed E-state index contributed by atoms with van der Waals surface area (Å²) in [6.45, 7) is 28.6. The molecule has 24 heavy (non-hydrogen) atoms. The van der Waals surface area contributed by atoms with Gasteiger partial charge >= 0.3 is 0 Å². The van der Waals surface area contributed by atoms with E-state index in [0.29, 0.717) is 18.1 Å². The Morgan fingerprint density at radius 2 is 0.583 bits per heavy atom. The predicted molar refractivity (Wildman–Crippen MR) is 107 cm³/mol. The van der Waals surface area contributed by atoms with Crippen molar-refractivity contribution in [1.29, 1.82) is 0 Å². The van der Waals surface area contributed by atoms with E-state index in [4.69, 9.17) is 0 Å². The molecule has 0 radical (unpaired) electrons. The van der Waals surface area contributed by atoms with E-state index in [1.807, 2.05) is 36.5 Å². The number of hydrogen-bond donors (Lipinski definition) is 0. The van der Waals surface area contributed by atoms with Gasteiger partial charge in [-0.05, 0) is 0 Å². The molecule has 1 fully saturated rings. The molecule has 0 heterocycles. The van der Waals surface area contributed by atoms with Crippen LogP contribution in [0.3, 0.4) is 0 Å². The van der Waals surface area contributed by atoms with E-state index in [1.54, 1.807) is 0 Å². The minimum Gasteiger partial charge on any atom is -0.290 e. The molecule has 0 aromatic heterocycles. The summed E-state index contributed by atoms with van der Waals surface area (Å²) in [5.74, 6) is 0. The summed E-state index contributed by atoms with van der Waals surface area (Å²) >= 11 is 0. The van der Waals surface area contributed by atoms with Crippen molar-refractivity contribution in [3.8, 4) is 0 Å². The van der Waals surface area contributed by atoms with Crippen molar-refractivity contribution in [3.05, 3.63) is 75.9 Å². The Morgan fingerprint density at radius 3 is 0.708 bits per heavy atom. The average molecular weight is 328 g/mol. The quantitative estimate of drug-likeness (QED) is 0.428. The van der Waals surface area contributed by atoms with Crippen LogP contribution in [0.5, 0.6) is 0 Å². The summed E-state index contributed by atoms with van der Waals surface area (Å²) in [7, 11) is 0. The summed E-state index contributed by atoms with van der Waals surface area (Å²) in [4.78, 5) is 7.31. The van der Waals surface area contributed by atoms with Gasteiger partial charge in [0.15, 0.2) is 0 Å². The van der Waals surface area contributed by atoms with Gasteiger partial charge in [-0.15, -0.1) is 39.5 Å². The van der Waals surface area contributed by atoms with Crippen molar-refractivity contribution in [2.24, 2.45) is 0 Å². The Bertz CT molecular complexity index is 351. The van der Waals surface area contributed by atoms with Crippen LogP contribution in [0.4, 0.5) is 0 Å². The zero-order chi connectivity index (χ0) is 17.9. The molecular weight excluding hydrogens is 294 g/mol. The zero-order valence-electron chi connectivity index (χ0n) is 15.0. The van der Waals surface area contributed by atoms with Gasteiger partial charge in [-0.3, -0.25) is 14.7 Å². The lowest BCUT2D eigenvalue weighted by atomic mass is 10.3. The van der Waals surface area contributed by atoms with E-state index >= 15 is 0 Å². The first kappa shape index (κ1) is 20.4. The molecule has 0 amide bonds. The van der Waals surface area contributed by atoms with E-state index in [1.165, 1.54) is 0 Å². The van der Waals surface area contributed by atoms with Crippen LogP contribution in [0.1, 0.15) is 0 Å². The van der Waals surface area contributed by atoms with Crippen LogP contribution in [-0.2, 0) is 0 Å². The van der Waals surface area contributed by atoms with E-state index in [2.05, 4.69) is 54.2 Å². The highest BCUT2D eigenvalue weighted by Crippen LogP contribution is 2.38. The number of hydrogen-bond acceptors (Lipinski definition) is 3. The standard InChI is InChI=1S/C21H33N3/c1-7-13-22(14-8-2)19-20(23(15-9-3)16-10-4)21(19)24(17-11-5)18-12-6/h7-12,19-21H,1-6,13-18H2. The molecule has 3 nitrogen and oxygen atoms in total. The fourth-order valence-corrected chi connectivity index (χ4v) is 3.51. The third-order valence-corrected chi connectivity index (χ3v) is 4.36. The Labute approximate surface area is 148 Å². The maximum atomic E-state index is 3.91. The molecule has 0 saturated heterocycles. The molecule has 3 heteroatoms. The van der Waals surface area contributed by atoms with Gasteiger partial charge in [0.25, 0.3) is 0 Å². The molecule has 0 atom stereocenters. The van der Waals surface area contributed by atoms with Gasteiger partial charge < -0.3 is 0 Å². The molecule has 1 aliphatic carbocycles.